The Hall–Kier alpha value is -2.44. The number of fused-ring (bicyclic) bond motifs is 1. The molecule has 1 fully saturated rings. The molecular formula is C22H25N3O2S. The standard InChI is InChI=1S/C22H25N3O2S/c1-27-17-8-6-7-16(13-17)14-23-21(26)15-25-12-5-4-10-19(25)22-24-18-9-2-3-11-20(18)28-22/h2-3,6-9,11,13,19H,4-5,10,12,14-15H2,1H3,(H,23,26). The van der Waals surface area contributed by atoms with Gasteiger partial charge in [-0.1, -0.05) is 30.7 Å². The van der Waals surface area contributed by atoms with Gasteiger partial charge in [-0.15, -0.1) is 11.3 Å². The van der Waals surface area contributed by atoms with Gasteiger partial charge in [0.15, 0.2) is 0 Å². The Kier molecular flexibility index (Phi) is 5.88. The summed E-state index contributed by atoms with van der Waals surface area (Å²) in [6, 6.07) is 16.3. The summed E-state index contributed by atoms with van der Waals surface area (Å²) in [4.78, 5) is 19.7. The molecule has 0 saturated carbocycles. The first-order chi connectivity index (χ1) is 13.7. The number of aromatic nitrogens is 1. The second-order valence-corrected chi connectivity index (χ2v) is 8.19. The Morgan fingerprint density at radius 3 is 3.00 bits per heavy atom. The van der Waals surface area contributed by atoms with Gasteiger partial charge in [0.1, 0.15) is 10.8 Å². The molecule has 1 amide bonds. The van der Waals surface area contributed by atoms with Crippen molar-refractivity contribution in [2.75, 3.05) is 20.2 Å². The highest BCUT2D eigenvalue weighted by molar-refractivity contribution is 7.18. The number of piperidine rings is 1. The number of nitrogens with one attached hydrogen (secondary N) is 1. The number of thiazole rings is 1. The minimum atomic E-state index is 0.0517. The Labute approximate surface area is 169 Å². The van der Waals surface area contributed by atoms with Crippen molar-refractivity contribution in [2.45, 2.75) is 31.8 Å². The molecule has 1 aromatic heterocycles. The zero-order valence-electron chi connectivity index (χ0n) is 16.1. The van der Waals surface area contributed by atoms with Crippen LogP contribution in [0, 0.1) is 0 Å². The van der Waals surface area contributed by atoms with Gasteiger partial charge in [-0.3, -0.25) is 9.69 Å². The number of carbonyl (C=O) groups is 1. The van der Waals surface area contributed by atoms with Crippen molar-refractivity contribution < 1.29 is 9.53 Å². The molecule has 146 valence electrons. The predicted molar refractivity (Wildman–Crippen MR) is 113 cm³/mol. The monoisotopic (exact) mass is 395 g/mol. The SMILES string of the molecule is COc1cccc(CNC(=O)CN2CCCCC2c2nc3ccccc3s2)c1. The fourth-order valence-corrected chi connectivity index (χ4v) is 4.85. The molecule has 1 aliphatic heterocycles. The number of carbonyl (C=O) groups excluding carboxylic acids is 1. The van der Waals surface area contributed by atoms with Crippen LogP contribution in [0.3, 0.4) is 0 Å². The molecule has 1 saturated heterocycles. The summed E-state index contributed by atoms with van der Waals surface area (Å²) in [6.07, 6.45) is 3.37. The molecule has 2 aromatic carbocycles. The smallest absolute Gasteiger partial charge is 0.234 e. The number of likely N-dealkylation sites (tertiary alicyclic amines) is 1. The highest BCUT2D eigenvalue weighted by Crippen LogP contribution is 2.35. The first-order valence-corrected chi connectivity index (χ1v) is 10.5. The maximum Gasteiger partial charge on any atom is 0.234 e. The Morgan fingerprint density at radius 1 is 1.25 bits per heavy atom. The Bertz CT molecular complexity index is 923. The zero-order valence-corrected chi connectivity index (χ0v) is 16.9. The average Bonchev–Trinajstić information content (AvgIpc) is 3.17. The number of rotatable bonds is 6. The van der Waals surface area contributed by atoms with Crippen molar-refractivity contribution in [2.24, 2.45) is 0 Å². The van der Waals surface area contributed by atoms with Gasteiger partial charge < -0.3 is 10.1 Å². The van der Waals surface area contributed by atoms with Gasteiger partial charge in [-0.05, 0) is 49.2 Å². The molecule has 1 N–H and O–H groups in total. The molecule has 5 nitrogen and oxygen atoms in total. The third kappa shape index (κ3) is 4.34. The number of nitrogens with zero attached hydrogens (tertiary/aromatic N) is 2. The first kappa shape index (κ1) is 18.9. The van der Waals surface area contributed by atoms with E-state index in [1.54, 1.807) is 18.4 Å². The lowest BCUT2D eigenvalue weighted by Gasteiger charge is -2.33. The van der Waals surface area contributed by atoms with E-state index < -0.39 is 0 Å². The summed E-state index contributed by atoms with van der Waals surface area (Å²) >= 11 is 1.75. The molecule has 0 spiro atoms. The Balaban J connectivity index is 1.40. The van der Waals surface area contributed by atoms with Gasteiger partial charge in [0, 0.05) is 6.54 Å². The normalized spacial score (nSPS) is 17.5. The summed E-state index contributed by atoms with van der Waals surface area (Å²) in [5, 5.41) is 4.17. The van der Waals surface area contributed by atoms with Gasteiger partial charge >= 0.3 is 0 Å². The topological polar surface area (TPSA) is 54.5 Å². The Morgan fingerprint density at radius 2 is 2.14 bits per heavy atom. The highest BCUT2D eigenvalue weighted by Gasteiger charge is 2.28. The number of hydrogen-bond donors (Lipinski definition) is 1. The molecule has 0 radical (unpaired) electrons. The van der Waals surface area contributed by atoms with E-state index in [9.17, 15) is 4.79 Å². The van der Waals surface area contributed by atoms with Crippen molar-refractivity contribution >= 4 is 27.5 Å². The number of ether oxygens (including phenoxy) is 1. The zero-order chi connectivity index (χ0) is 19.3. The predicted octanol–water partition coefficient (Wildman–Crippen LogP) is 4.15. The van der Waals surface area contributed by atoms with Gasteiger partial charge in [-0.25, -0.2) is 4.98 Å². The van der Waals surface area contributed by atoms with E-state index in [2.05, 4.69) is 28.4 Å². The van der Waals surface area contributed by atoms with Crippen LogP contribution in [0.1, 0.15) is 35.9 Å². The molecule has 4 rings (SSSR count). The van der Waals surface area contributed by atoms with E-state index >= 15 is 0 Å². The molecule has 3 aromatic rings. The lowest BCUT2D eigenvalue weighted by atomic mass is 10.0. The van der Waals surface area contributed by atoms with E-state index in [1.165, 1.54) is 11.1 Å². The van der Waals surface area contributed by atoms with E-state index in [0.29, 0.717) is 13.1 Å². The van der Waals surface area contributed by atoms with Crippen molar-refractivity contribution in [3.63, 3.8) is 0 Å². The maximum atomic E-state index is 12.6. The highest BCUT2D eigenvalue weighted by atomic mass is 32.1. The van der Waals surface area contributed by atoms with Crippen LogP contribution in [0.2, 0.25) is 0 Å². The third-order valence-corrected chi connectivity index (χ3v) is 6.32. The summed E-state index contributed by atoms with van der Waals surface area (Å²) in [5.74, 6) is 0.856. The van der Waals surface area contributed by atoms with Crippen molar-refractivity contribution in [3.05, 3.63) is 59.1 Å². The third-order valence-electron chi connectivity index (χ3n) is 5.18. The van der Waals surface area contributed by atoms with Crippen LogP contribution < -0.4 is 10.1 Å². The van der Waals surface area contributed by atoms with E-state index in [-0.39, 0.29) is 11.9 Å². The molecule has 1 atom stereocenters. The quantitative estimate of drug-likeness (QED) is 0.681. The minimum Gasteiger partial charge on any atom is -0.497 e. The van der Waals surface area contributed by atoms with Crippen LogP contribution >= 0.6 is 11.3 Å². The molecule has 6 heteroatoms. The summed E-state index contributed by atoms with van der Waals surface area (Å²) in [6.45, 7) is 1.85. The minimum absolute atomic E-state index is 0.0517. The molecule has 1 aliphatic rings. The number of amides is 1. The molecule has 2 heterocycles. The molecular weight excluding hydrogens is 370 g/mol. The van der Waals surface area contributed by atoms with Gasteiger partial charge in [0.2, 0.25) is 5.91 Å². The lowest BCUT2D eigenvalue weighted by molar-refractivity contribution is -0.123. The number of hydrogen-bond acceptors (Lipinski definition) is 5. The summed E-state index contributed by atoms with van der Waals surface area (Å²) in [7, 11) is 1.65. The van der Waals surface area contributed by atoms with Crippen molar-refractivity contribution in [3.8, 4) is 5.75 Å². The summed E-state index contributed by atoms with van der Waals surface area (Å²) in [5.41, 5.74) is 2.09. The maximum absolute atomic E-state index is 12.6. The largest absolute Gasteiger partial charge is 0.497 e. The fourth-order valence-electron chi connectivity index (χ4n) is 3.72. The van der Waals surface area contributed by atoms with E-state index in [0.717, 1.165) is 41.2 Å². The van der Waals surface area contributed by atoms with E-state index in [1.807, 2.05) is 30.3 Å². The van der Waals surface area contributed by atoms with Crippen LogP contribution in [-0.2, 0) is 11.3 Å². The number of benzene rings is 2. The molecule has 0 bridgehead atoms. The van der Waals surface area contributed by atoms with Gasteiger partial charge in [-0.2, -0.15) is 0 Å². The molecule has 0 aliphatic carbocycles. The van der Waals surface area contributed by atoms with Gasteiger partial charge in [0.05, 0.1) is 29.9 Å². The van der Waals surface area contributed by atoms with Crippen molar-refractivity contribution in [1.29, 1.82) is 0 Å². The average molecular weight is 396 g/mol. The summed E-state index contributed by atoms with van der Waals surface area (Å²) < 4.78 is 6.46. The first-order valence-electron chi connectivity index (χ1n) is 9.72. The second-order valence-electron chi connectivity index (χ2n) is 7.13. The number of para-hydroxylation sites is 1. The van der Waals surface area contributed by atoms with E-state index in [4.69, 9.17) is 9.72 Å². The van der Waals surface area contributed by atoms with Crippen LogP contribution in [0.4, 0.5) is 0 Å². The van der Waals surface area contributed by atoms with Gasteiger partial charge in [0.25, 0.3) is 0 Å². The second kappa shape index (κ2) is 8.71. The van der Waals surface area contributed by atoms with Crippen LogP contribution in [0.5, 0.6) is 5.75 Å². The van der Waals surface area contributed by atoms with Crippen LogP contribution in [0.25, 0.3) is 10.2 Å². The molecule has 28 heavy (non-hydrogen) atoms. The lowest BCUT2D eigenvalue weighted by Crippen LogP contribution is -2.41. The van der Waals surface area contributed by atoms with Crippen LogP contribution in [-0.4, -0.2) is 36.0 Å². The number of methoxy groups -OCH3 is 1. The molecule has 1 unspecified atom stereocenters. The fraction of sp³-hybridized carbons (Fsp3) is 0.364. The van der Waals surface area contributed by atoms with Crippen LogP contribution in [0.15, 0.2) is 48.5 Å². The van der Waals surface area contributed by atoms with Crippen molar-refractivity contribution in [1.82, 2.24) is 15.2 Å².